The Kier molecular flexibility index (Phi) is 7.00. The third kappa shape index (κ3) is 4.83. The van der Waals surface area contributed by atoms with Gasteiger partial charge in [-0.25, -0.2) is 4.79 Å². The maximum Gasteiger partial charge on any atom is 0.330 e. The van der Waals surface area contributed by atoms with E-state index in [2.05, 4.69) is 15.0 Å². The molecule has 37 heavy (non-hydrogen) atoms. The van der Waals surface area contributed by atoms with Gasteiger partial charge in [0.05, 0.1) is 18.8 Å². The van der Waals surface area contributed by atoms with Crippen molar-refractivity contribution in [1.29, 1.82) is 0 Å². The summed E-state index contributed by atoms with van der Waals surface area (Å²) in [5.41, 5.74) is 9.93. The van der Waals surface area contributed by atoms with Gasteiger partial charge in [0.1, 0.15) is 11.8 Å². The molecule has 1 unspecified atom stereocenters. The number of azide groups is 1. The Bertz CT molecular complexity index is 1400. The molecule has 3 atom stereocenters. The molecule has 2 heterocycles. The summed E-state index contributed by atoms with van der Waals surface area (Å²) in [5.74, 6) is 0. The highest BCUT2D eigenvalue weighted by Crippen LogP contribution is 2.41. The topological polar surface area (TPSA) is 122 Å². The van der Waals surface area contributed by atoms with Gasteiger partial charge >= 0.3 is 5.69 Å². The zero-order valence-electron chi connectivity index (χ0n) is 19.9. The Morgan fingerprint density at radius 1 is 0.919 bits per heavy atom. The fraction of sp³-hybridized carbons (Fsp3) is 0.214. The second-order valence-electron chi connectivity index (χ2n) is 8.74. The lowest BCUT2D eigenvalue weighted by molar-refractivity contribution is -0.0796. The zero-order chi connectivity index (χ0) is 25.7. The van der Waals surface area contributed by atoms with E-state index >= 15 is 0 Å². The van der Waals surface area contributed by atoms with E-state index in [4.69, 9.17) is 9.47 Å². The van der Waals surface area contributed by atoms with Gasteiger partial charge in [0.25, 0.3) is 5.56 Å². The first-order chi connectivity index (χ1) is 18.1. The van der Waals surface area contributed by atoms with Crippen LogP contribution in [0.2, 0.25) is 0 Å². The van der Waals surface area contributed by atoms with Crippen molar-refractivity contribution in [2.24, 2.45) is 5.11 Å². The molecule has 1 fully saturated rings. The van der Waals surface area contributed by atoms with Crippen molar-refractivity contribution in [3.8, 4) is 0 Å². The lowest BCUT2D eigenvalue weighted by atomic mass is 9.80. The molecule has 0 bridgehead atoms. The smallest absolute Gasteiger partial charge is 0.330 e. The van der Waals surface area contributed by atoms with Gasteiger partial charge in [0, 0.05) is 23.6 Å². The van der Waals surface area contributed by atoms with Crippen LogP contribution in [-0.2, 0) is 15.1 Å². The molecular weight excluding hydrogens is 470 g/mol. The average Bonchev–Trinajstić information content (AvgIpc) is 3.33. The van der Waals surface area contributed by atoms with E-state index in [0.717, 1.165) is 16.7 Å². The number of H-pyrrole nitrogens is 1. The van der Waals surface area contributed by atoms with Crippen molar-refractivity contribution in [2.45, 2.75) is 30.4 Å². The number of hydrogen-bond donors (Lipinski definition) is 1. The molecule has 1 aromatic heterocycles. The van der Waals surface area contributed by atoms with E-state index in [1.54, 1.807) is 0 Å². The van der Waals surface area contributed by atoms with Crippen molar-refractivity contribution in [2.75, 3.05) is 6.61 Å². The molecule has 9 heteroatoms. The first kappa shape index (κ1) is 24.3. The zero-order valence-corrected chi connectivity index (χ0v) is 19.9. The number of hydrogen-bond acceptors (Lipinski definition) is 5. The minimum atomic E-state index is -0.971. The predicted octanol–water partition coefficient (Wildman–Crippen LogP) is 4.51. The standard InChI is InChI=1S/C28H25N5O4/c29-32-31-23-18-26(33-17-16-25(34)30-27(33)35)37-24(23)19-36-28(20-10-4-1-5-11-20,21-12-6-2-7-13-21)22-14-8-3-9-15-22/h1-17,23-24,26H,18-19H2,(H,30,34,35)/t23?,24-,26-/m0/s1. The maximum atomic E-state index is 12.4. The van der Waals surface area contributed by atoms with Gasteiger partial charge in [-0.15, -0.1) is 0 Å². The number of aromatic nitrogens is 2. The second kappa shape index (κ2) is 10.7. The van der Waals surface area contributed by atoms with E-state index in [-0.39, 0.29) is 13.0 Å². The molecule has 3 aromatic carbocycles. The molecule has 5 rings (SSSR count). The number of nitrogens with zero attached hydrogens (tertiary/aromatic N) is 4. The summed E-state index contributed by atoms with van der Waals surface area (Å²) in [6.07, 6.45) is 0.298. The van der Waals surface area contributed by atoms with E-state index in [1.165, 1.54) is 16.8 Å². The van der Waals surface area contributed by atoms with Crippen LogP contribution >= 0.6 is 0 Å². The fourth-order valence-corrected chi connectivity index (χ4v) is 4.85. The predicted molar refractivity (Wildman–Crippen MR) is 138 cm³/mol. The lowest BCUT2D eigenvalue weighted by Crippen LogP contribution is -2.37. The Morgan fingerprint density at radius 3 is 1.95 bits per heavy atom. The van der Waals surface area contributed by atoms with Crippen LogP contribution < -0.4 is 11.2 Å². The average molecular weight is 496 g/mol. The summed E-state index contributed by atoms with van der Waals surface area (Å²) in [7, 11) is 0. The van der Waals surface area contributed by atoms with Gasteiger partial charge in [-0.3, -0.25) is 14.3 Å². The van der Waals surface area contributed by atoms with Crippen LogP contribution in [0.4, 0.5) is 0 Å². The van der Waals surface area contributed by atoms with E-state index in [9.17, 15) is 15.1 Å². The number of nitrogens with one attached hydrogen (secondary N) is 1. The quantitative estimate of drug-likeness (QED) is 0.167. The van der Waals surface area contributed by atoms with Crippen LogP contribution in [0.15, 0.2) is 118 Å². The molecular formula is C28H25N5O4. The van der Waals surface area contributed by atoms with Crippen molar-refractivity contribution in [1.82, 2.24) is 9.55 Å². The first-order valence-electron chi connectivity index (χ1n) is 11.9. The van der Waals surface area contributed by atoms with Crippen molar-refractivity contribution >= 4 is 0 Å². The minimum Gasteiger partial charge on any atom is -0.358 e. The van der Waals surface area contributed by atoms with Gasteiger partial charge in [0.2, 0.25) is 0 Å². The van der Waals surface area contributed by atoms with Gasteiger partial charge in [-0.05, 0) is 22.2 Å². The normalized spacial score (nSPS) is 19.3. The molecule has 0 saturated carbocycles. The largest absolute Gasteiger partial charge is 0.358 e. The summed E-state index contributed by atoms with van der Waals surface area (Å²) >= 11 is 0. The maximum absolute atomic E-state index is 12.4. The van der Waals surface area contributed by atoms with E-state index in [1.807, 2.05) is 91.0 Å². The molecule has 1 aliphatic heterocycles. The molecule has 186 valence electrons. The highest BCUT2D eigenvalue weighted by Gasteiger charge is 2.42. The molecule has 1 aliphatic rings. The van der Waals surface area contributed by atoms with Gasteiger partial charge in [-0.1, -0.05) is 96.1 Å². The number of rotatable bonds is 8. The molecule has 0 amide bonds. The minimum absolute atomic E-state index is 0.0803. The Balaban J connectivity index is 1.54. The highest BCUT2D eigenvalue weighted by atomic mass is 16.6. The van der Waals surface area contributed by atoms with Crippen LogP contribution in [0.5, 0.6) is 0 Å². The van der Waals surface area contributed by atoms with Gasteiger partial charge in [0.15, 0.2) is 0 Å². The Hall–Kier alpha value is -4.43. The fourth-order valence-electron chi connectivity index (χ4n) is 4.85. The Labute approximate surface area is 212 Å². The molecule has 1 N–H and O–H groups in total. The summed E-state index contributed by atoms with van der Waals surface area (Å²) in [6, 6.07) is 30.4. The third-order valence-electron chi connectivity index (χ3n) is 6.57. The first-order valence-corrected chi connectivity index (χ1v) is 11.9. The summed E-state index contributed by atoms with van der Waals surface area (Å²) < 4.78 is 14.3. The summed E-state index contributed by atoms with van der Waals surface area (Å²) in [4.78, 5) is 29.1. The van der Waals surface area contributed by atoms with Crippen LogP contribution in [0.25, 0.3) is 10.4 Å². The molecule has 4 aromatic rings. The monoisotopic (exact) mass is 495 g/mol. The van der Waals surface area contributed by atoms with Crippen LogP contribution in [-0.4, -0.2) is 28.3 Å². The molecule has 0 radical (unpaired) electrons. The molecule has 0 aliphatic carbocycles. The third-order valence-corrected chi connectivity index (χ3v) is 6.57. The molecule has 9 nitrogen and oxygen atoms in total. The second-order valence-corrected chi connectivity index (χ2v) is 8.74. The van der Waals surface area contributed by atoms with Gasteiger partial charge < -0.3 is 9.47 Å². The SMILES string of the molecule is [N-]=[N+]=NC1C[C@@H](n2ccc(=O)[nH]c2=O)O[C@H]1COC(c1ccccc1)(c1ccccc1)c1ccccc1. The van der Waals surface area contributed by atoms with Crippen molar-refractivity contribution < 1.29 is 9.47 Å². The number of benzene rings is 3. The van der Waals surface area contributed by atoms with E-state index < -0.39 is 35.2 Å². The number of aromatic amines is 1. The van der Waals surface area contributed by atoms with Crippen molar-refractivity contribution in [3.05, 3.63) is 151 Å². The summed E-state index contributed by atoms with van der Waals surface area (Å²) in [5, 5.41) is 3.94. The molecule has 1 saturated heterocycles. The van der Waals surface area contributed by atoms with Crippen LogP contribution in [0.1, 0.15) is 29.3 Å². The molecule has 0 spiro atoms. The van der Waals surface area contributed by atoms with Crippen LogP contribution in [0, 0.1) is 0 Å². The van der Waals surface area contributed by atoms with Gasteiger partial charge in [-0.2, -0.15) is 0 Å². The van der Waals surface area contributed by atoms with Crippen molar-refractivity contribution in [3.63, 3.8) is 0 Å². The lowest BCUT2D eigenvalue weighted by Gasteiger charge is -2.37. The Morgan fingerprint density at radius 2 is 1.46 bits per heavy atom. The number of ether oxygens (including phenoxy) is 2. The van der Waals surface area contributed by atoms with Crippen LogP contribution in [0.3, 0.4) is 0 Å². The van der Waals surface area contributed by atoms with E-state index in [0.29, 0.717) is 0 Å². The highest BCUT2D eigenvalue weighted by molar-refractivity contribution is 5.47. The summed E-state index contributed by atoms with van der Waals surface area (Å²) in [6.45, 7) is 0.0803.